The van der Waals surface area contributed by atoms with E-state index in [-0.39, 0.29) is 34.9 Å². The summed E-state index contributed by atoms with van der Waals surface area (Å²) in [5.41, 5.74) is 0. The van der Waals surface area contributed by atoms with Gasteiger partial charge in [-0.05, 0) is 31.9 Å². The van der Waals surface area contributed by atoms with Crippen molar-refractivity contribution >= 4 is 21.7 Å². The van der Waals surface area contributed by atoms with Gasteiger partial charge in [0.05, 0.1) is 23.2 Å². The Kier molecular flexibility index (Phi) is 6.36. The Balaban J connectivity index is 1.91. The Labute approximate surface area is 142 Å². The summed E-state index contributed by atoms with van der Waals surface area (Å²) in [6.45, 7) is 2.93. The van der Waals surface area contributed by atoms with E-state index in [9.17, 15) is 18.0 Å². The first kappa shape index (κ1) is 18.4. The van der Waals surface area contributed by atoms with Crippen LogP contribution in [-0.2, 0) is 24.2 Å². The molecule has 132 valence electrons. The fourth-order valence-electron chi connectivity index (χ4n) is 2.78. The lowest BCUT2D eigenvalue weighted by atomic mass is 9.98. The number of hydrogen-bond acceptors (Lipinski definition) is 5. The average Bonchev–Trinajstić information content (AvgIpc) is 2.61. The molecule has 0 spiro atoms. The summed E-state index contributed by atoms with van der Waals surface area (Å²) in [6, 6.07) is 8.11. The number of piperidine rings is 1. The van der Waals surface area contributed by atoms with Crippen LogP contribution in [0.4, 0.5) is 0 Å². The number of ether oxygens (including phenoxy) is 1. The highest BCUT2D eigenvalue weighted by Gasteiger charge is 2.29. The van der Waals surface area contributed by atoms with Crippen molar-refractivity contribution in [3.63, 3.8) is 0 Å². The molecule has 1 heterocycles. The molecule has 0 N–H and O–H groups in total. The van der Waals surface area contributed by atoms with Gasteiger partial charge in [-0.2, -0.15) is 0 Å². The minimum absolute atomic E-state index is 0.0766. The summed E-state index contributed by atoms with van der Waals surface area (Å²) < 4.78 is 29.5. The molecule has 1 atom stereocenters. The van der Waals surface area contributed by atoms with Crippen molar-refractivity contribution in [1.82, 2.24) is 4.90 Å². The lowest BCUT2D eigenvalue weighted by Gasteiger charge is -2.31. The van der Waals surface area contributed by atoms with E-state index >= 15 is 0 Å². The minimum atomic E-state index is -3.47. The standard InChI is InChI=1S/C17H23NO5S/c1-2-23-17(20)14-7-6-11-18(13-14)16(19)10-12-24(21,22)15-8-4-3-5-9-15/h3-5,8-9,14H,2,6-7,10-13H2,1H3/t14-/m0/s1. The number of benzene rings is 1. The first-order valence-corrected chi connectivity index (χ1v) is 9.81. The van der Waals surface area contributed by atoms with Gasteiger partial charge >= 0.3 is 5.97 Å². The molecular weight excluding hydrogens is 330 g/mol. The molecule has 0 saturated carbocycles. The molecule has 1 aliphatic heterocycles. The molecule has 0 bridgehead atoms. The summed E-state index contributed by atoms with van der Waals surface area (Å²) in [4.78, 5) is 25.9. The van der Waals surface area contributed by atoms with E-state index in [4.69, 9.17) is 4.74 Å². The van der Waals surface area contributed by atoms with Crippen LogP contribution in [0.15, 0.2) is 35.2 Å². The molecule has 2 rings (SSSR count). The van der Waals surface area contributed by atoms with Crippen LogP contribution in [0.25, 0.3) is 0 Å². The molecule has 1 aromatic rings. The van der Waals surface area contributed by atoms with Crippen molar-refractivity contribution in [3.8, 4) is 0 Å². The number of carbonyl (C=O) groups is 2. The summed E-state index contributed by atoms with van der Waals surface area (Å²) in [6.07, 6.45) is 1.35. The van der Waals surface area contributed by atoms with E-state index in [0.717, 1.165) is 6.42 Å². The van der Waals surface area contributed by atoms with Crippen molar-refractivity contribution in [1.29, 1.82) is 0 Å². The van der Waals surface area contributed by atoms with Crippen LogP contribution < -0.4 is 0 Å². The summed E-state index contributed by atoms with van der Waals surface area (Å²) in [7, 11) is -3.47. The lowest BCUT2D eigenvalue weighted by Crippen LogP contribution is -2.43. The van der Waals surface area contributed by atoms with Gasteiger partial charge in [-0.15, -0.1) is 0 Å². The van der Waals surface area contributed by atoms with E-state index in [1.807, 2.05) is 0 Å². The van der Waals surface area contributed by atoms with Gasteiger partial charge in [0.2, 0.25) is 5.91 Å². The van der Waals surface area contributed by atoms with E-state index < -0.39 is 9.84 Å². The molecule has 1 fully saturated rings. The van der Waals surface area contributed by atoms with Crippen molar-refractivity contribution < 1.29 is 22.7 Å². The minimum Gasteiger partial charge on any atom is -0.466 e. The molecule has 0 unspecified atom stereocenters. The summed E-state index contributed by atoms with van der Waals surface area (Å²) in [5, 5.41) is 0. The smallest absolute Gasteiger partial charge is 0.310 e. The average molecular weight is 353 g/mol. The molecule has 1 amide bonds. The molecule has 0 aromatic heterocycles. The fraction of sp³-hybridized carbons (Fsp3) is 0.529. The molecule has 1 aliphatic rings. The maximum atomic E-state index is 12.3. The third-order valence-electron chi connectivity index (χ3n) is 4.08. The van der Waals surface area contributed by atoms with Gasteiger partial charge in [0.25, 0.3) is 0 Å². The number of nitrogens with zero attached hydrogens (tertiary/aromatic N) is 1. The van der Waals surface area contributed by atoms with Crippen LogP contribution in [-0.4, -0.2) is 50.6 Å². The van der Waals surface area contributed by atoms with Crippen molar-refractivity contribution in [2.45, 2.75) is 31.1 Å². The van der Waals surface area contributed by atoms with Gasteiger partial charge in [0.15, 0.2) is 9.84 Å². The second kappa shape index (κ2) is 8.28. The Hall–Kier alpha value is -1.89. The highest BCUT2D eigenvalue weighted by Crippen LogP contribution is 2.19. The van der Waals surface area contributed by atoms with Gasteiger partial charge < -0.3 is 9.64 Å². The number of sulfone groups is 1. The Morgan fingerprint density at radius 3 is 2.62 bits per heavy atom. The zero-order chi connectivity index (χ0) is 17.6. The predicted octanol–water partition coefficient (Wildman–Crippen LogP) is 1.65. The Bertz CT molecular complexity index is 671. The lowest BCUT2D eigenvalue weighted by molar-refractivity contribution is -0.151. The third-order valence-corrected chi connectivity index (χ3v) is 5.81. The largest absolute Gasteiger partial charge is 0.466 e. The Morgan fingerprint density at radius 1 is 1.25 bits per heavy atom. The highest BCUT2D eigenvalue weighted by molar-refractivity contribution is 7.91. The van der Waals surface area contributed by atoms with Gasteiger partial charge in [-0.25, -0.2) is 8.42 Å². The third kappa shape index (κ3) is 4.80. The number of rotatable bonds is 6. The maximum Gasteiger partial charge on any atom is 0.310 e. The van der Waals surface area contributed by atoms with Crippen LogP contribution >= 0.6 is 0 Å². The van der Waals surface area contributed by atoms with Crippen molar-refractivity contribution in [2.24, 2.45) is 5.92 Å². The summed E-state index contributed by atoms with van der Waals surface area (Å²) >= 11 is 0. The topological polar surface area (TPSA) is 80.8 Å². The van der Waals surface area contributed by atoms with Crippen LogP contribution in [0.1, 0.15) is 26.2 Å². The first-order chi connectivity index (χ1) is 11.4. The fourth-order valence-corrected chi connectivity index (χ4v) is 4.03. The van der Waals surface area contributed by atoms with Crippen molar-refractivity contribution in [3.05, 3.63) is 30.3 Å². The highest BCUT2D eigenvalue weighted by atomic mass is 32.2. The predicted molar refractivity (Wildman–Crippen MR) is 89.0 cm³/mol. The number of carbonyl (C=O) groups excluding carboxylic acids is 2. The zero-order valence-corrected chi connectivity index (χ0v) is 14.6. The molecular formula is C17H23NO5S. The quantitative estimate of drug-likeness (QED) is 0.727. The number of esters is 1. The van der Waals surface area contributed by atoms with E-state index in [0.29, 0.717) is 26.1 Å². The molecule has 0 radical (unpaired) electrons. The molecule has 1 aromatic carbocycles. The second-order valence-electron chi connectivity index (χ2n) is 5.81. The number of likely N-dealkylation sites (tertiary alicyclic amines) is 1. The van der Waals surface area contributed by atoms with Crippen LogP contribution in [0, 0.1) is 5.92 Å². The Morgan fingerprint density at radius 2 is 1.96 bits per heavy atom. The molecule has 1 saturated heterocycles. The van der Waals surface area contributed by atoms with Crippen LogP contribution in [0.3, 0.4) is 0 Å². The number of amides is 1. The molecule has 6 nitrogen and oxygen atoms in total. The van der Waals surface area contributed by atoms with Gasteiger partial charge in [-0.1, -0.05) is 18.2 Å². The maximum absolute atomic E-state index is 12.3. The molecule has 24 heavy (non-hydrogen) atoms. The number of hydrogen-bond donors (Lipinski definition) is 0. The normalized spacial score (nSPS) is 18.2. The monoisotopic (exact) mass is 353 g/mol. The van der Waals surface area contributed by atoms with Gasteiger partial charge in [-0.3, -0.25) is 9.59 Å². The van der Waals surface area contributed by atoms with Crippen LogP contribution in [0.2, 0.25) is 0 Å². The SMILES string of the molecule is CCOC(=O)[C@H]1CCCN(C(=O)CCS(=O)(=O)c2ccccc2)C1. The zero-order valence-electron chi connectivity index (χ0n) is 13.8. The molecule has 0 aliphatic carbocycles. The van der Waals surface area contributed by atoms with Gasteiger partial charge in [0.1, 0.15) is 0 Å². The first-order valence-electron chi connectivity index (χ1n) is 8.16. The van der Waals surface area contributed by atoms with Gasteiger partial charge in [0, 0.05) is 19.5 Å². The van der Waals surface area contributed by atoms with E-state index in [1.165, 1.54) is 12.1 Å². The van der Waals surface area contributed by atoms with E-state index in [2.05, 4.69) is 0 Å². The van der Waals surface area contributed by atoms with E-state index in [1.54, 1.807) is 30.0 Å². The van der Waals surface area contributed by atoms with Crippen molar-refractivity contribution in [2.75, 3.05) is 25.4 Å². The molecule has 7 heteroatoms. The van der Waals surface area contributed by atoms with Crippen LogP contribution in [0.5, 0.6) is 0 Å². The second-order valence-corrected chi connectivity index (χ2v) is 7.92. The summed E-state index contributed by atoms with van der Waals surface area (Å²) in [5.74, 6) is -1.06.